The molecule has 0 saturated carbocycles. The lowest BCUT2D eigenvalue weighted by Gasteiger charge is -2.51. The number of azide groups is 1. The maximum Gasteiger partial charge on any atom is 0.422 e. The first-order valence-corrected chi connectivity index (χ1v) is 35.1. The van der Waals surface area contributed by atoms with E-state index in [1.807, 2.05) is 36.4 Å². The number of ether oxygens (including phenoxy) is 1. The summed E-state index contributed by atoms with van der Waals surface area (Å²) in [7, 11) is 7.36. The molecule has 0 spiro atoms. The van der Waals surface area contributed by atoms with E-state index in [2.05, 4.69) is 49.4 Å². The lowest BCUT2D eigenvalue weighted by Crippen LogP contribution is -2.47. The van der Waals surface area contributed by atoms with Crippen LogP contribution in [0.2, 0.25) is 19.5 Å². The largest absolute Gasteiger partial charge is 0.556 e. The van der Waals surface area contributed by atoms with E-state index in [4.69, 9.17) is 29.3 Å². The Labute approximate surface area is 585 Å². The molecule has 530 valence electrons. The molecule has 2 heterocycles. The van der Waals surface area contributed by atoms with Crippen LogP contribution in [0.25, 0.3) is 21.3 Å². The van der Waals surface area contributed by atoms with Gasteiger partial charge in [-0.05, 0) is 158 Å². The first-order valence-electron chi connectivity index (χ1n) is 35.1. The first-order chi connectivity index (χ1) is 48.4. The lowest BCUT2D eigenvalue weighted by molar-refractivity contribution is -0.134. The van der Waals surface area contributed by atoms with Gasteiger partial charge < -0.3 is 59.4 Å². The van der Waals surface area contributed by atoms with Crippen molar-refractivity contribution in [2.45, 2.75) is 178 Å². The van der Waals surface area contributed by atoms with Crippen LogP contribution >= 0.6 is 0 Å². The molecular weight excluding hydrogens is 1280 g/mol. The number of benzene rings is 4. The summed E-state index contributed by atoms with van der Waals surface area (Å²) in [6.07, 6.45) is 17.9. The number of fused-ring (bicyclic) bond motifs is 1. The molecule has 29 heteroatoms. The zero-order chi connectivity index (χ0) is 71.6. The fraction of sp³-hybridized carbons (Fsp3) is 0.521. The molecule has 3 aliphatic carbocycles. The van der Waals surface area contributed by atoms with E-state index in [1.165, 1.54) is 35.0 Å². The number of hydrogen-bond donors (Lipinski definition) is 7. The molecule has 2 atom stereocenters. The summed E-state index contributed by atoms with van der Waals surface area (Å²) >= 11 is 0. The molecule has 2 radical (unpaired) electrons. The number of hydrogen-bond acceptors (Lipinski definition) is 17. The number of unbranched alkanes of at least 4 members (excludes halogenated alkanes) is 12. The van der Waals surface area contributed by atoms with E-state index in [9.17, 15) is 48.9 Å². The fourth-order valence-electron chi connectivity index (χ4n) is 13.8. The average molecular weight is 1370 g/mol. The second-order valence-corrected chi connectivity index (χ2v) is 26.2. The number of nitrogens with zero attached hydrogens (tertiary/aromatic N) is 7. The summed E-state index contributed by atoms with van der Waals surface area (Å²) in [5.74, 6) is -2.73. The van der Waals surface area contributed by atoms with Crippen molar-refractivity contribution in [2.75, 3.05) is 69.4 Å². The monoisotopic (exact) mass is 1370 g/mol. The number of rotatable bonds is 44. The summed E-state index contributed by atoms with van der Waals surface area (Å²) in [4.78, 5) is 116. The van der Waals surface area contributed by atoms with Gasteiger partial charge >= 0.3 is 33.4 Å². The molecule has 1 saturated heterocycles. The molecule has 2 unspecified atom stereocenters. The van der Waals surface area contributed by atoms with Crippen molar-refractivity contribution in [3.8, 4) is 0 Å². The number of aromatic nitrogens is 1. The van der Waals surface area contributed by atoms with Gasteiger partial charge in [0.1, 0.15) is 18.8 Å². The molecule has 26 nitrogen and oxygen atoms in total. The third kappa shape index (κ3) is 20.6. The van der Waals surface area contributed by atoms with Crippen molar-refractivity contribution in [3.63, 3.8) is 0 Å². The third-order valence-electron chi connectivity index (χ3n) is 19.1. The number of amides is 6. The fourth-order valence-corrected chi connectivity index (χ4v) is 13.8. The molecule has 1 aromatic heterocycles. The van der Waals surface area contributed by atoms with Crippen LogP contribution in [-0.4, -0.2) is 160 Å². The van der Waals surface area contributed by atoms with Crippen LogP contribution < -0.4 is 32.6 Å². The Morgan fingerprint density at radius 2 is 1.19 bits per heavy atom. The molecule has 7 N–H and O–H groups in total. The Balaban J connectivity index is 0.996. The summed E-state index contributed by atoms with van der Waals surface area (Å²) in [5, 5.41) is 40.1. The van der Waals surface area contributed by atoms with Gasteiger partial charge in [-0.15, -0.1) is 0 Å². The van der Waals surface area contributed by atoms with Crippen molar-refractivity contribution < 1.29 is 52.3 Å². The molecule has 9 rings (SSSR count). The van der Waals surface area contributed by atoms with E-state index in [1.54, 1.807) is 40.8 Å². The van der Waals surface area contributed by atoms with Crippen molar-refractivity contribution in [2.24, 2.45) is 12.2 Å². The highest BCUT2D eigenvalue weighted by molar-refractivity contribution is 6.45. The van der Waals surface area contributed by atoms with Crippen LogP contribution in [0.3, 0.4) is 0 Å². The number of likely N-dealkylation sites (tertiary alicyclic amines) is 1. The van der Waals surface area contributed by atoms with E-state index >= 15 is 0 Å². The van der Waals surface area contributed by atoms with Gasteiger partial charge in [0.25, 0.3) is 5.91 Å². The topological polar surface area (TPSA) is 357 Å². The molecule has 1 fully saturated rings. The second kappa shape index (κ2) is 38.5. The van der Waals surface area contributed by atoms with Crippen LogP contribution in [0, 0.1) is 10.8 Å². The number of aryl methyl sites for hydroxylation is 1. The minimum absolute atomic E-state index is 0.0390. The van der Waals surface area contributed by atoms with Gasteiger partial charge in [-0.2, -0.15) is 0 Å². The van der Waals surface area contributed by atoms with E-state index in [-0.39, 0.29) is 98.1 Å². The van der Waals surface area contributed by atoms with Crippen molar-refractivity contribution in [3.05, 3.63) is 143 Å². The molecule has 4 aromatic carbocycles. The third-order valence-corrected chi connectivity index (χ3v) is 19.1. The molecule has 4 aliphatic rings. The van der Waals surface area contributed by atoms with E-state index < -0.39 is 47.7 Å². The molecule has 2 bridgehead atoms. The minimum Gasteiger partial charge on any atom is -0.556 e. The SMILES string of the molecule is CB(O)NCCCCCCCC(=O)Nc1ccc2c(c1)C1(CCC(=O)N(C)CCOCCN(C)C(=O)C3CC(N=[N+]=[N-])CN3C(=O)c3ccc4c(=O)oc(=O)n(C)c4c3)c3cc(NC(=O)CCCCCCC[B]OC=N)ccc3C2c2ccc(NC(=O)CCCCCCC[B]OC=N)cc21. The quantitative estimate of drug-likeness (QED) is 0.00363. The van der Waals surface area contributed by atoms with Crippen LogP contribution in [-0.2, 0) is 50.5 Å². The van der Waals surface area contributed by atoms with Gasteiger partial charge in [0, 0.05) is 105 Å². The highest BCUT2D eigenvalue weighted by atomic mass is 16.5. The standard InChI is InChI=1S/C71H94B3N13O13/c1-74(96)78-35-19-13-7-10-16-22-64(90)81-51-26-30-55-59(43-51)71(32-31-65(91)84(2)36-38-97-39-37-85(3)68(93)61-44-52(82-83-77)45-87(61)67(92)48-23-27-56-60(40-48)86(4)70(95)100-69(56)94)57-41-49(79-62(88)20-14-8-5-11-17-33-72-98-46-75)24-28-53(57)66(55)54-29-25-50(42-58(54)71)80-63(89)21-15-9-6-12-18-34-73-99-47-76/h23-30,40-43,46-47,52,61,66,75-76,78,96H,5-22,31-39,44-45H2,1-4H3,(H,79,88)(H,80,89)(H,81,90). The number of carbonyl (C=O) groups excluding carboxylic acids is 6. The predicted molar refractivity (Wildman–Crippen MR) is 387 cm³/mol. The number of carbonyl (C=O) groups is 6. The van der Waals surface area contributed by atoms with E-state index in [0.29, 0.717) is 55.6 Å². The van der Waals surface area contributed by atoms with Gasteiger partial charge in [0.2, 0.25) is 29.5 Å². The smallest absolute Gasteiger partial charge is 0.422 e. The normalized spacial score (nSPS) is 16.1. The number of anilines is 3. The lowest BCUT2D eigenvalue weighted by atomic mass is 9.51. The number of likely N-dealkylation sites (N-methyl/N-ethyl adjacent to an activating group) is 2. The van der Waals surface area contributed by atoms with Gasteiger partial charge in [0.15, 0.2) is 0 Å². The van der Waals surface area contributed by atoms with Crippen LogP contribution in [0.15, 0.2) is 91.9 Å². The zero-order valence-electron chi connectivity index (χ0n) is 58.0. The van der Waals surface area contributed by atoms with Gasteiger partial charge in [-0.1, -0.05) is 93.9 Å². The Kier molecular flexibility index (Phi) is 29.5. The Hall–Kier alpha value is -9.04. The Morgan fingerprint density at radius 1 is 0.700 bits per heavy atom. The maximum absolute atomic E-state index is 14.8. The summed E-state index contributed by atoms with van der Waals surface area (Å²) in [6, 6.07) is 20.5. The molecular formula is C71H94B3N13O13. The summed E-state index contributed by atoms with van der Waals surface area (Å²) < 4.78 is 21.8. The van der Waals surface area contributed by atoms with Crippen LogP contribution in [0.1, 0.15) is 184 Å². The minimum atomic E-state index is -1.06. The summed E-state index contributed by atoms with van der Waals surface area (Å²) in [5.41, 5.74) is 15.2. The highest BCUT2D eigenvalue weighted by Gasteiger charge is 2.52. The highest BCUT2D eigenvalue weighted by Crippen LogP contribution is 2.62. The Bertz CT molecular complexity index is 3770. The van der Waals surface area contributed by atoms with E-state index in [0.717, 1.165) is 147 Å². The molecule has 5 aromatic rings. The van der Waals surface area contributed by atoms with Crippen molar-refractivity contribution in [1.82, 2.24) is 24.5 Å². The van der Waals surface area contributed by atoms with Crippen LogP contribution in [0.4, 0.5) is 17.1 Å². The van der Waals surface area contributed by atoms with Crippen LogP contribution in [0.5, 0.6) is 0 Å². The second-order valence-electron chi connectivity index (χ2n) is 26.2. The predicted octanol–water partition coefficient (Wildman–Crippen LogP) is 9.80. The summed E-state index contributed by atoms with van der Waals surface area (Å²) in [6.45, 7) is 2.85. The van der Waals surface area contributed by atoms with Crippen molar-refractivity contribution >= 4 is 98.2 Å². The Morgan fingerprint density at radius 3 is 1.69 bits per heavy atom. The number of nitrogens with one attached hydrogen (secondary N) is 6. The average Bonchev–Trinajstić information content (AvgIpc) is 0.733. The molecule has 100 heavy (non-hydrogen) atoms. The maximum atomic E-state index is 14.8. The van der Waals surface area contributed by atoms with Crippen molar-refractivity contribution in [1.29, 1.82) is 10.8 Å². The first kappa shape index (κ1) is 76.7. The van der Waals surface area contributed by atoms with Gasteiger partial charge in [0.05, 0.1) is 30.2 Å². The molecule has 6 amide bonds. The molecule has 1 aliphatic heterocycles. The van der Waals surface area contributed by atoms with Gasteiger partial charge in [-0.3, -0.25) is 44.2 Å². The van der Waals surface area contributed by atoms with Gasteiger partial charge in [-0.25, -0.2) is 9.59 Å². The zero-order valence-corrected chi connectivity index (χ0v) is 58.0.